The van der Waals surface area contributed by atoms with Crippen molar-refractivity contribution in [2.75, 3.05) is 33.3 Å². The van der Waals surface area contributed by atoms with Crippen LogP contribution in [0.3, 0.4) is 0 Å². The molecule has 1 aliphatic rings. The maximum Gasteiger partial charge on any atom is 0.193 e. The van der Waals surface area contributed by atoms with Gasteiger partial charge in [0.05, 0.1) is 31.2 Å². The molecule has 0 spiro atoms. The van der Waals surface area contributed by atoms with E-state index in [1.54, 1.807) is 4.68 Å². The number of aliphatic imine (C=N–C) groups is 1. The average Bonchev–Trinajstić information content (AvgIpc) is 3.41. The monoisotopic (exact) mass is 521 g/mol. The van der Waals surface area contributed by atoms with Crippen molar-refractivity contribution in [3.05, 3.63) is 66.2 Å². The van der Waals surface area contributed by atoms with Crippen LogP contribution in [0.4, 0.5) is 0 Å². The van der Waals surface area contributed by atoms with Gasteiger partial charge in [0.1, 0.15) is 6.10 Å². The van der Waals surface area contributed by atoms with Gasteiger partial charge in [0.2, 0.25) is 0 Å². The van der Waals surface area contributed by atoms with E-state index in [2.05, 4.69) is 31.6 Å². The predicted molar refractivity (Wildman–Crippen MR) is 128 cm³/mol. The van der Waals surface area contributed by atoms with Gasteiger partial charge in [-0.1, -0.05) is 18.2 Å². The molecule has 1 saturated heterocycles. The highest BCUT2D eigenvalue weighted by molar-refractivity contribution is 14.0. The molecule has 2 aromatic heterocycles. The molecule has 3 heterocycles. The standard InChI is InChI=1S/C21H27N7O.HI/c1-22-21(27-10-11-29-20(16-27)18-13-24-26(2)15-18)23-9-8-17-12-25-28(14-17)19-6-4-3-5-7-19;/h3-7,12-15,20H,8-11,16H2,1-2H3,(H,22,23);1H. The summed E-state index contributed by atoms with van der Waals surface area (Å²) in [5, 5.41) is 12.2. The Morgan fingerprint density at radius 2 is 2.03 bits per heavy atom. The number of morpholine rings is 1. The molecular weight excluding hydrogens is 493 g/mol. The van der Waals surface area contributed by atoms with Gasteiger partial charge in [-0.05, 0) is 24.1 Å². The fourth-order valence-electron chi connectivity index (χ4n) is 3.51. The number of nitrogens with zero attached hydrogens (tertiary/aromatic N) is 6. The predicted octanol–water partition coefficient (Wildman–Crippen LogP) is 2.42. The Balaban J connectivity index is 0.00000256. The van der Waals surface area contributed by atoms with Crippen molar-refractivity contribution in [2.45, 2.75) is 12.5 Å². The fraction of sp³-hybridized carbons (Fsp3) is 0.381. The van der Waals surface area contributed by atoms with Gasteiger partial charge < -0.3 is 15.0 Å². The lowest BCUT2D eigenvalue weighted by atomic mass is 10.1. The number of aryl methyl sites for hydroxylation is 1. The van der Waals surface area contributed by atoms with E-state index >= 15 is 0 Å². The van der Waals surface area contributed by atoms with Crippen molar-refractivity contribution in [3.8, 4) is 5.69 Å². The molecule has 0 aliphatic carbocycles. The number of nitrogens with one attached hydrogen (secondary N) is 1. The van der Waals surface area contributed by atoms with Gasteiger partial charge in [0.15, 0.2) is 5.96 Å². The number of halogens is 1. The number of hydrogen-bond acceptors (Lipinski definition) is 4. The average molecular weight is 521 g/mol. The number of ether oxygens (including phenoxy) is 1. The van der Waals surface area contributed by atoms with Crippen molar-refractivity contribution >= 4 is 29.9 Å². The van der Waals surface area contributed by atoms with Crippen molar-refractivity contribution < 1.29 is 4.74 Å². The third-order valence-electron chi connectivity index (χ3n) is 5.03. The number of guanidine groups is 1. The largest absolute Gasteiger partial charge is 0.370 e. The molecule has 4 rings (SSSR count). The number of para-hydroxylation sites is 1. The third-order valence-corrected chi connectivity index (χ3v) is 5.03. The van der Waals surface area contributed by atoms with Crippen LogP contribution < -0.4 is 5.32 Å². The highest BCUT2D eigenvalue weighted by atomic mass is 127. The maximum atomic E-state index is 5.93. The molecule has 9 heteroatoms. The Hall–Kier alpha value is -2.40. The quantitative estimate of drug-likeness (QED) is 0.317. The van der Waals surface area contributed by atoms with Crippen molar-refractivity contribution in [3.63, 3.8) is 0 Å². The summed E-state index contributed by atoms with van der Waals surface area (Å²) in [7, 11) is 3.74. The van der Waals surface area contributed by atoms with E-state index in [4.69, 9.17) is 4.74 Å². The Bertz CT molecular complexity index is 953. The lowest BCUT2D eigenvalue weighted by Gasteiger charge is -2.34. The van der Waals surface area contributed by atoms with Crippen LogP contribution in [0.25, 0.3) is 5.69 Å². The van der Waals surface area contributed by atoms with E-state index in [0.29, 0.717) is 6.61 Å². The van der Waals surface area contributed by atoms with Crippen LogP contribution in [-0.4, -0.2) is 63.7 Å². The minimum atomic E-state index is 0. The molecule has 0 saturated carbocycles. The Labute approximate surface area is 194 Å². The second-order valence-corrected chi connectivity index (χ2v) is 7.11. The van der Waals surface area contributed by atoms with E-state index < -0.39 is 0 Å². The van der Waals surface area contributed by atoms with Crippen LogP contribution in [0.1, 0.15) is 17.2 Å². The first kappa shape index (κ1) is 22.3. The van der Waals surface area contributed by atoms with Gasteiger partial charge in [0.25, 0.3) is 0 Å². The van der Waals surface area contributed by atoms with Crippen LogP contribution in [0.15, 0.2) is 60.1 Å². The van der Waals surface area contributed by atoms with Gasteiger partial charge in [-0.3, -0.25) is 9.67 Å². The molecule has 1 unspecified atom stereocenters. The maximum absolute atomic E-state index is 5.93. The molecule has 3 aromatic rings. The number of benzene rings is 1. The van der Waals surface area contributed by atoms with E-state index in [-0.39, 0.29) is 30.1 Å². The first-order valence-corrected chi connectivity index (χ1v) is 9.87. The highest BCUT2D eigenvalue weighted by Crippen LogP contribution is 2.21. The third kappa shape index (κ3) is 5.39. The number of aromatic nitrogens is 4. The molecule has 0 radical (unpaired) electrons. The second kappa shape index (κ2) is 10.6. The Kier molecular flexibility index (Phi) is 7.86. The summed E-state index contributed by atoms with van der Waals surface area (Å²) in [6.45, 7) is 3.05. The number of rotatable bonds is 5. The van der Waals surface area contributed by atoms with E-state index in [0.717, 1.165) is 43.3 Å². The zero-order valence-electron chi connectivity index (χ0n) is 17.3. The topological polar surface area (TPSA) is 72.5 Å². The molecular formula is C21H28IN7O. The summed E-state index contributed by atoms with van der Waals surface area (Å²) in [6.07, 6.45) is 8.77. The lowest BCUT2D eigenvalue weighted by molar-refractivity contribution is -0.00800. The highest BCUT2D eigenvalue weighted by Gasteiger charge is 2.25. The molecule has 1 N–H and O–H groups in total. The Morgan fingerprint density at radius 3 is 2.77 bits per heavy atom. The smallest absolute Gasteiger partial charge is 0.193 e. The molecule has 1 atom stereocenters. The summed E-state index contributed by atoms with van der Waals surface area (Å²) in [5.74, 6) is 0.901. The van der Waals surface area contributed by atoms with Crippen LogP contribution in [0, 0.1) is 0 Å². The summed E-state index contributed by atoms with van der Waals surface area (Å²) in [5.41, 5.74) is 3.35. The first-order valence-electron chi connectivity index (χ1n) is 9.87. The molecule has 8 nitrogen and oxygen atoms in total. The lowest BCUT2D eigenvalue weighted by Crippen LogP contribution is -2.48. The molecule has 0 bridgehead atoms. The van der Waals surface area contributed by atoms with E-state index in [1.165, 1.54) is 5.56 Å². The summed E-state index contributed by atoms with van der Waals surface area (Å²) < 4.78 is 9.65. The van der Waals surface area contributed by atoms with Crippen LogP contribution in [0.5, 0.6) is 0 Å². The van der Waals surface area contributed by atoms with Gasteiger partial charge in [-0.15, -0.1) is 24.0 Å². The van der Waals surface area contributed by atoms with Crippen molar-refractivity contribution in [1.82, 2.24) is 29.8 Å². The van der Waals surface area contributed by atoms with E-state index in [9.17, 15) is 0 Å². The minimum Gasteiger partial charge on any atom is -0.370 e. The normalized spacial score (nSPS) is 16.9. The molecule has 1 fully saturated rings. The summed E-state index contributed by atoms with van der Waals surface area (Å²) >= 11 is 0. The Morgan fingerprint density at radius 1 is 1.20 bits per heavy atom. The molecule has 1 aromatic carbocycles. The van der Waals surface area contributed by atoms with Gasteiger partial charge in [0, 0.05) is 45.1 Å². The fourth-order valence-corrected chi connectivity index (χ4v) is 3.51. The molecule has 160 valence electrons. The van der Waals surface area contributed by atoms with Crippen molar-refractivity contribution in [1.29, 1.82) is 0 Å². The first-order chi connectivity index (χ1) is 14.2. The summed E-state index contributed by atoms with van der Waals surface area (Å²) in [4.78, 5) is 6.71. The minimum absolute atomic E-state index is 0. The number of hydrogen-bond donors (Lipinski definition) is 1. The molecule has 0 amide bonds. The van der Waals surface area contributed by atoms with Gasteiger partial charge >= 0.3 is 0 Å². The van der Waals surface area contributed by atoms with Crippen LogP contribution in [0.2, 0.25) is 0 Å². The van der Waals surface area contributed by atoms with E-state index in [1.807, 2.05) is 67.7 Å². The zero-order chi connectivity index (χ0) is 20.1. The summed E-state index contributed by atoms with van der Waals surface area (Å²) in [6, 6.07) is 10.1. The zero-order valence-corrected chi connectivity index (χ0v) is 19.6. The van der Waals surface area contributed by atoms with Crippen LogP contribution >= 0.6 is 24.0 Å². The second-order valence-electron chi connectivity index (χ2n) is 7.11. The van der Waals surface area contributed by atoms with Crippen molar-refractivity contribution in [2.24, 2.45) is 12.0 Å². The van der Waals surface area contributed by atoms with Gasteiger partial charge in [-0.2, -0.15) is 10.2 Å². The SMILES string of the molecule is CN=C(NCCc1cnn(-c2ccccc2)c1)N1CCOC(c2cnn(C)c2)C1.I. The molecule has 1 aliphatic heterocycles. The van der Waals surface area contributed by atoms with Gasteiger partial charge in [-0.25, -0.2) is 4.68 Å². The van der Waals surface area contributed by atoms with Crippen LogP contribution in [-0.2, 0) is 18.2 Å². The molecule has 30 heavy (non-hydrogen) atoms.